The van der Waals surface area contributed by atoms with E-state index in [2.05, 4.69) is 31.3 Å². The van der Waals surface area contributed by atoms with Crippen molar-refractivity contribution in [1.82, 2.24) is 26.2 Å². The van der Waals surface area contributed by atoms with E-state index in [1.165, 1.54) is 49.0 Å². The fourth-order valence-electron chi connectivity index (χ4n) is 6.18. The molecule has 6 aromatic carbocycles. The van der Waals surface area contributed by atoms with Gasteiger partial charge in [0.05, 0.1) is 29.6 Å². The average Bonchev–Trinajstić information content (AvgIpc) is 4.01. The number of fused-ring (bicyclic) bond motifs is 2. The first-order valence-corrected chi connectivity index (χ1v) is 19.2. The third kappa shape index (κ3) is 11.5. The Bertz CT molecular complexity index is 3040. The molecule has 0 saturated carbocycles. The number of hydrogen-bond acceptors (Lipinski definition) is 9. The quantitative estimate of drug-likeness (QED) is 0.0537. The molecule has 0 spiro atoms. The maximum atomic E-state index is 12.7. The smallest absolute Gasteiger partial charge is 0.416 e. The van der Waals surface area contributed by atoms with E-state index in [4.69, 9.17) is 14.0 Å². The predicted octanol–water partition coefficient (Wildman–Crippen LogP) is 9.41. The number of aromatic nitrogens is 3. The van der Waals surface area contributed by atoms with Crippen molar-refractivity contribution in [3.63, 3.8) is 0 Å². The van der Waals surface area contributed by atoms with Crippen LogP contribution in [-0.4, -0.2) is 39.6 Å². The van der Waals surface area contributed by atoms with E-state index in [1.54, 1.807) is 24.3 Å². The Kier molecular flexibility index (Phi) is 13.5. The Morgan fingerprint density at radius 1 is 0.615 bits per heavy atom. The standard InChI is InChI=1S/C23H17F3N4O2.C23H16F3N3O4/c24-23(25,26)17-8-5-15(6-9-17)14-32-21-10-7-16(18-3-1-2-4-19(18)21)13-28-30-22(31)20-11-12-27-29-20;24-23(25,26)16-8-5-14(6-9-16)13-32-19-10-7-15(17-3-1-2-4-18(17)19)12-27-28-22(31)20-11-21(30)29-33-20/h1-13H,14H2,(H,27,29)(H,30,31);1-12H,13H2,(H,28,31)(H,29,30). The van der Waals surface area contributed by atoms with Gasteiger partial charge in [-0.15, -0.1) is 0 Å². The van der Waals surface area contributed by atoms with Crippen LogP contribution in [0.15, 0.2) is 159 Å². The van der Waals surface area contributed by atoms with Gasteiger partial charge in [0, 0.05) is 28.1 Å². The van der Waals surface area contributed by atoms with Crippen LogP contribution in [0.1, 0.15) is 54.4 Å². The molecule has 0 aliphatic heterocycles. The van der Waals surface area contributed by atoms with Gasteiger partial charge < -0.3 is 14.0 Å². The van der Waals surface area contributed by atoms with E-state index in [1.807, 2.05) is 53.7 Å². The Balaban J connectivity index is 0.000000194. The molecule has 8 rings (SSSR count). The molecule has 0 bridgehead atoms. The lowest BCUT2D eigenvalue weighted by Crippen LogP contribution is -2.18. The fourth-order valence-corrected chi connectivity index (χ4v) is 6.18. The second kappa shape index (κ2) is 19.7. The van der Waals surface area contributed by atoms with Gasteiger partial charge in [0.15, 0.2) is 0 Å². The molecular formula is C46H33F6N7O6. The zero-order chi connectivity index (χ0) is 46.0. The molecule has 0 radical (unpaired) electrons. The molecule has 2 amide bonds. The highest BCUT2D eigenvalue weighted by atomic mass is 19.4. The third-order valence-electron chi connectivity index (χ3n) is 9.42. The van der Waals surface area contributed by atoms with Gasteiger partial charge in [0.1, 0.15) is 30.4 Å². The van der Waals surface area contributed by atoms with Crippen molar-refractivity contribution >= 4 is 45.8 Å². The Labute approximate surface area is 363 Å². The van der Waals surface area contributed by atoms with E-state index in [0.717, 1.165) is 57.4 Å². The topological polar surface area (TPSA) is 176 Å². The van der Waals surface area contributed by atoms with Gasteiger partial charge in [-0.1, -0.05) is 72.8 Å². The van der Waals surface area contributed by atoms with E-state index >= 15 is 0 Å². The van der Waals surface area contributed by atoms with Gasteiger partial charge >= 0.3 is 18.3 Å². The first kappa shape index (κ1) is 44.6. The zero-order valence-electron chi connectivity index (χ0n) is 33.4. The van der Waals surface area contributed by atoms with Crippen LogP contribution in [0.5, 0.6) is 11.5 Å². The predicted molar refractivity (Wildman–Crippen MR) is 227 cm³/mol. The van der Waals surface area contributed by atoms with Crippen LogP contribution in [0, 0.1) is 0 Å². The van der Waals surface area contributed by atoms with Crippen molar-refractivity contribution in [1.29, 1.82) is 0 Å². The summed E-state index contributed by atoms with van der Waals surface area (Å²) >= 11 is 0. The van der Waals surface area contributed by atoms with Crippen molar-refractivity contribution in [2.24, 2.45) is 10.2 Å². The number of benzene rings is 6. The van der Waals surface area contributed by atoms with Crippen LogP contribution in [0.2, 0.25) is 0 Å². The van der Waals surface area contributed by atoms with Crippen LogP contribution in [0.4, 0.5) is 26.3 Å². The Morgan fingerprint density at radius 3 is 1.49 bits per heavy atom. The number of ether oxygens (including phenoxy) is 2. The number of H-pyrrole nitrogens is 2. The molecule has 4 N–H and O–H groups in total. The van der Waals surface area contributed by atoms with E-state index in [-0.39, 0.29) is 19.0 Å². The average molecular weight is 894 g/mol. The summed E-state index contributed by atoms with van der Waals surface area (Å²) in [7, 11) is 0. The van der Waals surface area contributed by atoms with Crippen LogP contribution in [-0.2, 0) is 25.6 Å². The number of carbonyl (C=O) groups excluding carboxylic acids is 2. The molecule has 2 aromatic heterocycles. The van der Waals surface area contributed by atoms with Gasteiger partial charge in [0.25, 0.3) is 11.5 Å². The minimum Gasteiger partial charge on any atom is -0.488 e. The third-order valence-corrected chi connectivity index (χ3v) is 9.42. The normalized spacial score (nSPS) is 11.7. The van der Waals surface area contributed by atoms with E-state index in [0.29, 0.717) is 33.9 Å². The van der Waals surface area contributed by atoms with E-state index < -0.39 is 40.9 Å². The van der Waals surface area contributed by atoms with Crippen LogP contribution in [0.3, 0.4) is 0 Å². The minimum atomic E-state index is -4.39. The van der Waals surface area contributed by atoms with Gasteiger partial charge in [-0.2, -0.15) is 46.8 Å². The molecule has 0 saturated heterocycles. The molecule has 13 nitrogen and oxygen atoms in total. The maximum absolute atomic E-state index is 12.7. The molecule has 0 atom stereocenters. The van der Waals surface area contributed by atoms with Gasteiger partial charge in [-0.3, -0.25) is 19.5 Å². The van der Waals surface area contributed by atoms with Crippen molar-refractivity contribution < 1.29 is 49.9 Å². The summed E-state index contributed by atoms with van der Waals surface area (Å²) in [5.41, 5.74) is 5.68. The second-order valence-corrected chi connectivity index (χ2v) is 13.8. The monoisotopic (exact) mass is 893 g/mol. The summed E-state index contributed by atoms with van der Waals surface area (Å²) < 4.78 is 92.7. The number of amides is 2. The summed E-state index contributed by atoms with van der Waals surface area (Å²) in [5.74, 6) is -0.182. The number of carbonyl (C=O) groups is 2. The lowest BCUT2D eigenvalue weighted by molar-refractivity contribution is -0.138. The Hall–Kier alpha value is -8.48. The zero-order valence-corrected chi connectivity index (χ0v) is 33.4. The molecule has 330 valence electrons. The SMILES string of the molecule is O=C(NN=Cc1ccc(OCc2ccc(C(F)(F)F)cc2)c2ccccc12)c1cc(=O)[nH]o1.O=C(NN=Cc1ccc(OCc2ccc(C(F)(F)F)cc2)c2ccccc12)c1ccn[nH]1. The maximum Gasteiger partial charge on any atom is 0.416 e. The van der Waals surface area contributed by atoms with Crippen LogP contribution in [0.25, 0.3) is 21.5 Å². The lowest BCUT2D eigenvalue weighted by atomic mass is 10.0. The Morgan fingerprint density at radius 2 is 1.08 bits per heavy atom. The van der Waals surface area contributed by atoms with Gasteiger partial charge in [0.2, 0.25) is 5.76 Å². The number of hydrogen-bond donors (Lipinski definition) is 4. The largest absolute Gasteiger partial charge is 0.488 e. The number of hydrazone groups is 2. The molecule has 0 unspecified atom stereocenters. The summed E-state index contributed by atoms with van der Waals surface area (Å²) in [6, 6.07) is 34.0. The van der Waals surface area contributed by atoms with Gasteiger partial charge in [-0.05, 0) is 76.5 Å². The van der Waals surface area contributed by atoms with Crippen molar-refractivity contribution in [2.45, 2.75) is 25.6 Å². The van der Waals surface area contributed by atoms with Crippen LogP contribution >= 0.6 is 0 Å². The number of alkyl halides is 6. The molecule has 0 fully saturated rings. The van der Waals surface area contributed by atoms with E-state index in [9.17, 15) is 40.7 Å². The molecule has 65 heavy (non-hydrogen) atoms. The first-order valence-electron chi connectivity index (χ1n) is 19.2. The number of rotatable bonds is 12. The summed E-state index contributed by atoms with van der Waals surface area (Å²) in [6.07, 6.45) is -4.33. The fraction of sp³-hybridized carbons (Fsp3) is 0.0870. The first-order chi connectivity index (χ1) is 31.2. The highest BCUT2D eigenvalue weighted by Gasteiger charge is 2.30. The molecule has 8 aromatic rings. The summed E-state index contributed by atoms with van der Waals surface area (Å²) in [5, 5.41) is 19.4. The van der Waals surface area contributed by atoms with Crippen molar-refractivity contribution in [3.8, 4) is 11.5 Å². The molecule has 0 aliphatic carbocycles. The van der Waals surface area contributed by atoms with Crippen molar-refractivity contribution in [3.05, 3.63) is 195 Å². The van der Waals surface area contributed by atoms with Crippen molar-refractivity contribution in [2.75, 3.05) is 0 Å². The molecule has 0 aliphatic rings. The summed E-state index contributed by atoms with van der Waals surface area (Å²) in [6.45, 7) is 0.212. The second-order valence-electron chi connectivity index (χ2n) is 13.8. The number of nitrogens with one attached hydrogen (secondary N) is 4. The molecule has 19 heteroatoms. The number of aromatic amines is 2. The highest BCUT2D eigenvalue weighted by molar-refractivity contribution is 6.04. The number of halogens is 6. The number of nitrogens with zero attached hydrogens (tertiary/aromatic N) is 3. The lowest BCUT2D eigenvalue weighted by Gasteiger charge is -2.12. The van der Waals surface area contributed by atoms with Gasteiger partial charge in [-0.25, -0.2) is 10.9 Å². The minimum absolute atomic E-state index is 0.0908. The molecular weight excluding hydrogens is 861 g/mol. The molecule has 2 heterocycles. The van der Waals surface area contributed by atoms with Crippen LogP contribution < -0.4 is 25.9 Å². The summed E-state index contributed by atoms with van der Waals surface area (Å²) in [4.78, 5) is 34.9. The highest BCUT2D eigenvalue weighted by Crippen LogP contribution is 2.33.